The molecule has 0 aliphatic heterocycles. The van der Waals surface area contributed by atoms with Gasteiger partial charge in [0.1, 0.15) is 0 Å². The molecule has 2 aromatic rings. The van der Waals surface area contributed by atoms with Crippen molar-refractivity contribution in [1.29, 1.82) is 0 Å². The monoisotopic (exact) mass is 344 g/mol. The smallest absolute Gasteiger partial charge is 0.261 e. The minimum atomic E-state index is -3.64. The molecule has 0 aromatic heterocycles. The van der Waals surface area contributed by atoms with Crippen LogP contribution in [0, 0.1) is 5.92 Å². The molecule has 0 bridgehead atoms. The number of carbonyl (C=O) groups is 1. The minimum Gasteiger partial charge on any atom is -0.326 e. The number of benzene rings is 2. The van der Waals surface area contributed by atoms with Crippen LogP contribution in [0.3, 0.4) is 0 Å². The summed E-state index contributed by atoms with van der Waals surface area (Å²) in [6.07, 6.45) is 4.05. The summed E-state index contributed by atoms with van der Waals surface area (Å²) in [5.74, 6) is 0.0960. The molecule has 24 heavy (non-hydrogen) atoms. The largest absolute Gasteiger partial charge is 0.326 e. The second kappa shape index (κ2) is 7.05. The van der Waals surface area contributed by atoms with Gasteiger partial charge >= 0.3 is 0 Å². The predicted octanol–water partition coefficient (Wildman–Crippen LogP) is 3.62. The van der Waals surface area contributed by atoms with Gasteiger partial charge in [0.2, 0.25) is 5.91 Å². The van der Waals surface area contributed by atoms with E-state index in [1.165, 1.54) is 12.1 Å². The summed E-state index contributed by atoms with van der Waals surface area (Å²) in [5.41, 5.74) is 1.13. The van der Waals surface area contributed by atoms with Crippen molar-refractivity contribution in [3.05, 3.63) is 54.6 Å². The molecule has 5 nitrogen and oxygen atoms in total. The summed E-state index contributed by atoms with van der Waals surface area (Å²) in [6.45, 7) is 0. The number of hydrogen-bond donors (Lipinski definition) is 2. The number of nitrogens with one attached hydrogen (secondary N) is 2. The summed E-state index contributed by atoms with van der Waals surface area (Å²) in [7, 11) is -3.64. The highest BCUT2D eigenvalue weighted by molar-refractivity contribution is 7.92. The Labute approximate surface area is 142 Å². The van der Waals surface area contributed by atoms with Crippen molar-refractivity contribution in [3.8, 4) is 0 Å². The molecule has 0 radical (unpaired) electrons. The molecular formula is C18H20N2O3S. The topological polar surface area (TPSA) is 75.3 Å². The Morgan fingerprint density at radius 3 is 2.12 bits per heavy atom. The van der Waals surface area contributed by atoms with E-state index in [9.17, 15) is 13.2 Å². The predicted molar refractivity (Wildman–Crippen MR) is 94.3 cm³/mol. The Balaban J connectivity index is 1.68. The average molecular weight is 344 g/mol. The molecule has 0 heterocycles. The zero-order valence-electron chi connectivity index (χ0n) is 13.2. The Morgan fingerprint density at radius 1 is 0.875 bits per heavy atom. The van der Waals surface area contributed by atoms with Gasteiger partial charge < -0.3 is 5.32 Å². The van der Waals surface area contributed by atoms with Crippen LogP contribution in [0.2, 0.25) is 0 Å². The molecule has 0 atom stereocenters. The molecule has 0 saturated heterocycles. The van der Waals surface area contributed by atoms with E-state index in [4.69, 9.17) is 0 Å². The van der Waals surface area contributed by atoms with Crippen LogP contribution in [-0.2, 0) is 14.8 Å². The van der Waals surface area contributed by atoms with Gasteiger partial charge in [-0.2, -0.15) is 0 Å². The molecule has 1 saturated carbocycles. The van der Waals surface area contributed by atoms with Gasteiger partial charge in [0.05, 0.1) is 4.90 Å². The first-order valence-electron chi connectivity index (χ1n) is 8.03. The van der Waals surface area contributed by atoms with Crippen LogP contribution in [0.15, 0.2) is 59.5 Å². The summed E-state index contributed by atoms with van der Waals surface area (Å²) < 4.78 is 27.2. The van der Waals surface area contributed by atoms with Gasteiger partial charge in [-0.25, -0.2) is 8.42 Å². The van der Waals surface area contributed by atoms with E-state index in [1.807, 2.05) is 6.07 Å². The van der Waals surface area contributed by atoms with Crippen molar-refractivity contribution in [2.45, 2.75) is 30.6 Å². The van der Waals surface area contributed by atoms with Crippen molar-refractivity contribution in [1.82, 2.24) is 0 Å². The normalized spacial score (nSPS) is 15.2. The van der Waals surface area contributed by atoms with E-state index >= 15 is 0 Å². The molecule has 126 valence electrons. The van der Waals surface area contributed by atoms with Gasteiger partial charge in [0.25, 0.3) is 10.0 Å². The van der Waals surface area contributed by atoms with Crippen LogP contribution in [0.25, 0.3) is 0 Å². The van der Waals surface area contributed by atoms with Crippen LogP contribution in [0.4, 0.5) is 11.4 Å². The first-order valence-corrected chi connectivity index (χ1v) is 9.52. The number of carbonyl (C=O) groups excluding carboxylic acids is 1. The molecule has 3 rings (SSSR count). The number of amides is 1. The highest BCUT2D eigenvalue weighted by atomic mass is 32.2. The van der Waals surface area contributed by atoms with Gasteiger partial charge in [-0.1, -0.05) is 31.0 Å². The number of sulfonamides is 1. The SMILES string of the molecule is O=C(Nc1ccc(S(=O)(=O)Nc2ccccc2)cc1)C1CCCC1. The maximum Gasteiger partial charge on any atom is 0.261 e. The Kier molecular flexibility index (Phi) is 4.85. The molecule has 2 N–H and O–H groups in total. The molecule has 0 unspecified atom stereocenters. The van der Waals surface area contributed by atoms with Crippen molar-refractivity contribution in [2.75, 3.05) is 10.0 Å². The Hall–Kier alpha value is -2.34. The van der Waals surface area contributed by atoms with Crippen LogP contribution in [-0.4, -0.2) is 14.3 Å². The summed E-state index contributed by atoms with van der Waals surface area (Å²) >= 11 is 0. The highest BCUT2D eigenvalue weighted by Crippen LogP contribution is 2.26. The van der Waals surface area contributed by atoms with Gasteiger partial charge in [-0.15, -0.1) is 0 Å². The zero-order chi connectivity index (χ0) is 17.0. The van der Waals surface area contributed by atoms with E-state index in [1.54, 1.807) is 36.4 Å². The van der Waals surface area contributed by atoms with Gasteiger partial charge in [0.15, 0.2) is 0 Å². The number of para-hydroxylation sites is 1. The van der Waals surface area contributed by atoms with Gasteiger partial charge in [-0.05, 0) is 49.2 Å². The molecule has 1 aliphatic rings. The number of anilines is 2. The van der Waals surface area contributed by atoms with E-state index in [0.717, 1.165) is 25.7 Å². The van der Waals surface area contributed by atoms with Crippen LogP contribution >= 0.6 is 0 Å². The first-order chi connectivity index (χ1) is 11.5. The second-order valence-corrected chi connectivity index (χ2v) is 7.65. The maximum atomic E-state index is 12.3. The van der Waals surface area contributed by atoms with Crippen molar-refractivity contribution in [3.63, 3.8) is 0 Å². The zero-order valence-corrected chi connectivity index (χ0v) is 14.1. The van der Waals surface area contributed by atoms with E-state index in [2.05, 4.69) is 10.0 Å². The lowest BCUT2D eigenvalue weighted by Gasteiger charge is -2.11. The summed E-state index contributed by atoms with van der Waals surface area (Å²) in [5, 5.41) is 2.86. The number of hydrogen-bond acceptors (Lipinski definition) is 3. The first kappa shape index (κ1) is 16.5. The number of rotatable bonds is 5. The van der Waals surface area contributed by atoms with Crippen LogP contribution < -0.4 is 10.0 Å². The highest BCUT2D eigenvalue weighted by Gasteiger charge is 2.22. The fourth-order valence-electron chi connectivity index (χ4n) is 2.87. The van der Waals surface area contributed by atoms with Crippen LogP contribution in [0.1, 0.15) is 25.7 Å². The van der Waals surface area contributed by atoms with Crippen molar-refractivity contribution in [2.24, 2.45) is 5.92 Å². The molecular weight excluding hydrogens is 324 g/mol. The molecule has 0 spiro atoms. The standard InChI is InChI=1S/C18H20N2O3S/c21-18(14-6-4-5-7-14)19-15-10-12-17(13-11-15)24(22,23)20-16-8-2-1-3-9-16/h1-3,8-14,20H,4-7H2,(H,19,21). The molecule has 1 fully saturated rings. The van der Waals surface area contributed by atoms with E-state index in [0.29, 0.717) is 11.4 Å². The Bertz CT molecular complexity index is 796. The van der Waals surface area contributed by atoms with E-state index < -0.39 is 10.0 Å². The Morgan fingerprint density at radius 2 is 1.50 bits per heavy atom. The quantitative estimate of drug-likeness (QED) is 0.870. The fraction of sp³-hybridized carbons (Fsp3) is 0.278. The molecule has 1 aliphatic carbocycles. The minimum absolute atomic E-state index is 0.0190. The van der Waals surface area contributed by atoms with Gasteiger partial charge in [-0.3, -0.25) is 9.52 Å². The fourth-order valence-corrected chi connectivity index (χ4v) is 3.93. The maximum absolute atomic E-state index is 12.3. The third-order valence-corrected chi connectivity index (χ3v) is 5.58. The summed E-state index contributed by atoms with van der Waals surface area (Å²) in [6, 6.07) is 14.9. The lowest BCUT2D eigenvalue weighted by molar-refractivity contribution is -0.119. The second-order valence-electron chi connectivity index (χ2n) is 5.97. The molecule has 6 heteroatoms. The van der Waals surface area contributed by atoms with Crippen LogP contribution in [0.5, 0.6) is 0 Å². The third-order valence-electron chi connectivity index (χ3n) is 4.18. The average Bonchev–Trinajstić information content (AvgIpc) is 3.10. The molecule has 2 aromatic carbocycles. The third kappa shape index (κ3) is 3.94. The summed E-state index contributed by atoms with van der Waals surface area (Å²) in [4.78, 5) is 12.3. The van der Waals surface area contributed by atoms with Crippen molar-refractivity contribution >= 4 is 27.3 Å². The van der Waals surface area contributed by atoms with E-state index in [-0.39, 0.29) is 16.7 Å². The molecule has 1 amide bonds. The van der Waals surface area contributed by atoms with Crippen molar-refractivity contribution < 1.29 is 13.2 Å². The lowest BCUT2D eigenvalue weighted by atomic mass is 10.1. The van der Waals surface area contributed by atoms with Gasteiger partial charge in [0, 0.05) is 17.3 Å². The lowest BCUT2D eigenvalue weighted by Crippen LogP contribution is -2.20.